The van der Waals surface area contributed by atoms with Crippen LogP contribution < -0.4 is 5.32 Å². The van der Waals surface area contributed by atoms with Crippen LogP contribution in [0.2, 0.25) is 0 Å². The van der Waals surface area contributed by atoms with Gasteiger partial charge in [-0.15, -0.1) is 5.10 Å². The SMILES string of the molecule is Cc1c(C(=O)N2N=C2SCC(=O)Nc2ccccc2)sc(=S)n1C. The summed E-state index contributed by atoms with van der Waals surface area (Å²) < 4.78 is 2.45. The van der Waals surface area contributed by atoms with Crippen molar-refractivity contribution in [2.24, 2.45) is 12.1 Å². The minimum atomic E-state index is -0.199. The Morgan fingerprint density at radius 1 is 1.33 bits per heavy atom. The van der Waals surface area contributed by atoms with Gasteiger partial charge in [-0.25, -0.2) is 0 Å². The number of amidine groups is 1. The Hall–Kier alpha value is -1.97. The van der Waals surface area contributed by atoms with Crippen LogP contribution in [0.3, 0.4) is 0 Å². The molecule has 1 N–H and O–H groups in total. The standard InChI is InChI=1S/C15H14N4O2S3/c1-9-12(24-15(22)18(9)2)13(21)19-14(17-19)23-8-11(20)16-10-6-4-3-5-7-10/h3-7H,8H2,1-2H3,(H,16,20). The summed E-state index contributed by atoms with van der Waals surface area (Å²) in [4.78, 5) is 24.9. The van der Waals surface area contributed by atoms with Crippen LogP contribution >= 0.6 is 35.3 Å². The third kappa shape index (κ3) is 3.58. The molecule has 1 aromatic heterocycles. The lowest BCUT2D eigenvalue weighted by Crippen LogP contribution is -2.18. The first kappa shape index (κ1) is 16.9. The molecule has 0 saturated carbocycles. The van der Waals surface area contributed by atoms with E-state index in [9.17, 15) is 9.59 Å². The molecule has 0 saturated heterocycles. The number of thiazole rings is 1. The maximum Gasteiger partial charge on any atom is 0.292 e. The Balaban J connectivity index is 1.51. The number of hydrogen-bond acceptors (Lipinski definition) is 6. The number of rotatable bonds is 4. The average Bonchev–Trinajstić information content (AvgIpc) is 3.31. The van der Waals surface area contributed by atoms with E-state index < -0.39 is 0 Å². The summed E-state index contributed by atoms with van der Waals surface area (Å²) in [5.74, 6) is -0.143. The zero-order chi connectivity index (χ0) is 17.3. The van der Waals surface area contributed by atoms with E-state index in [2.05, 4.69) is 10.4 Å². The van der Waals surface area contributed by atoms with Gasteiger partial charge in [-0.3, -0.25) is 9.59 Å². The third-order valence-electron chi connectivity index (χ3n) is 3.40. The highest BCUT2D eigenvalue weighted by Crippen LogP contribution is 2.28. The minimum Gasteiger partial charge on any atom is -0.330 e. The van der Waals surface area contributed by atoms with Gasteiger partial charge in [-0.1, -0.05) is 41.3 Å². The second-order valence-corrected chi connectivity index (χ2v) is 7.63. The number of nitrogens with zero attached hydrogens (tertiary/aromatic N) is 3. The first-order chi connectivity index (χ1) is 11.5. The fourth-order valence-corrected chi connectivity index (χ4v) is 3.92. The number of benzene rings is 1. The van der Waals surface area contributed by atoms with E-state index in [0.717, 1.165) is 11.4 Å². The summed E-state index contributed by atoms with van der Waals surface area (Å²) >= 11 is 7.68. The fraction of sp³-hybridized carbons (Fsp3) is 0.200. The molecule has 9 heteroatoms. The van der Waals surface area contributed by atoms with Gasteiger partial charge in [0.2, 0.25) is 11.1 Å². The van der Waals surface area contributed by atoms with Crippen molar-refractivity contribution in [3.63, 3.8) is 0 Å². The van der Waals surface area contributed by atoms with Crippen LogP contribution in [0.4, 0.5) is 5.69 Å². The first-order valence-corrected chi connectivity index (χ1v) is 9.25. The largest absolute Gasteiger partial charge is 0.330 e. The van der Waals surface area contributed by atoms with Gasteiger partial charge < -0.3 is 9.88 Å². The van der Waals surface area contributed by atoms with E-state index in [1.165, 1.54) is 28.1 Å². The Labute approximate surface area is 152 Å². The van der Waals surface area contributed by atoms with Crippen molar-refractivity contribution in [1.29, 1.82) is 0 Å². The number of thioether (sulfide) groups is 1. The number of aromatic nitrogens is 1. The second-order valence-electron chi connectivity index (χ2n) is 5.04. The lowest BCUT2D eigenvalue weighted by atomic mass is 10.3. The van der Waals surface area contributed by atoms with Crippen molar-refractivity contribution in [2.45, 2.75) is 6.92 Å². The molecule has 0 unspecified atom stereocenters. The average molecular weight is 379 g/mol. The van der Waals surface area contributed by atoms with Crippen molar-refractivity contribution < 1.29 is 9.59 Å². The fourth-order valence-electron chi connectivity index (χ4n) is 1.95. The molecule has 0 bridgehead atoms. The molecule has 124 valence electrons. The number of anilines is 1. The van der Waals surface area contributed by atoms with Crippen LogP contribution in [-0.2, 0) is 11.8 Å². The number of amides is 2. The van der Waals surface area contributed by atoms with Gasteiger partial charge in [0.15, 0.2) is 3.95 Å². The summed E-state index contributed by atoms with van der Waals surface area (Å²) in [6.07, 6.45) is 0. The summed E-state index contributed by atoms with van der Waals surface area (Å²) in [6, 6.07) is 9.22. The van der Waals surface area contributed by atoms with Gasteiger partial charge in [-0.2, -0.15) is 5.01 Å². The van der Waals surface area contributed by atoms with Crippen molar-refractivity contribution in [3.05, 3.63) is 44.9 Å². The van der Waals surface area contributed by atoms with E-state index in [-0.39, 0.29) is 17.6 Å². The van der Waals surface area contributed by atoms with Gasteiger partial charge in [0.25, 0.3) is 5.91 Å². The lowest BCUT2D eigenvalue weighted by Gasteiger charge is -2.03. The normalized spacial score (nSPS) is 12.8. The summed E-state index contributed by atoms with van der Waals surface area (Å²) in [7, 11) is 1.83. The summed E-state index contributed by atoms with van der Waals surface area (Å²) in [5, 5.41) is 8.68. The second kappa shape index (κ2) is 6.88. The molecule has 0 spiro atoms. The smallest absolute Gasteiger partial charge is 0.292 e. The van der Waals surface area contributed by atoms with Crippen molar-refractivity contribution in [1.82, 2.24) is 9.58 Å². The molecule has 2 aromatic rings. The maximum atomic E-state index is 12.4. The van der Waals surface area contributed by atoms with E-state index in [4.69, 9.17) is 12.2 Å². The lowest BCUT2D eigenvalue weighted by molar-refractivity contribution is -0.113. The van der Waals surface area contributed by atoms with Gasteiger partial charge in [0.05, 0.1) is 5.75 Å². The monoisotopic (exact) mass is 378 g/mol. The van der Waals surface area contributed by atoms with Gasteiger partial charge in [0, 0.05) is 18.4 Å². The first-order valence-electron chi connectivity index (χ1n) is 7.04. The van der Waals surface area contributed by atoms with Crippen LogP contribution in [0.5, 0.6) is 0 Å². The number of nitrogens with one attached hydrogen (secondary N) is 1. The van der Waals surface area contributed by atoms with Crippen molar-refractivity contribution in [3.8, 4) is 0 Å². The quantitative estimate of drug-likeness (QED) is 0.830. The molecule has 0 aliphatic carbocycles. The highest BCUT2D eigenvalue weighted by Gasteiger charge is 2.35. The molecule has 2 amide bonds. The minimum absolute atomic E-state index is 0.139. The molecule has 0 fully saturated rings. The molecule has 0 atom stereocenters. The number of hydrogen-bond donors (Lipinski definition) is 1. The van der Waals surface area contributed by atoms with Crippen molar-refractivity contribution >= 4 is 58.0 Å². The Morgan fingerprint density at radius 2 is 2.04 bits per heavy atom. The predicted octanol–water partition coefficient (Wildman–Crippen LogP) is 3.22. The zero-order valence-corrected chi connectivity index (χ0v) is 15.4. The van der Waals surface area contributed by atoms with E-state index in [1.807, 2.05) is 44.3 Å². The maximum absolute atomic E-state index is 12.4. The van der Waals surface area contributed by atoms with Gasteiger partial charge in [0.1, 0.15) is 4.88 Å². The van der Waals surface area contributed by atoms with E-state index in [0.29, 0.717) is 14.0 Å². The highest BCUT2D eigenvalue weighted by molar-refractivity contribution is 8.14. The molecule has 0 radical (unpaired) electrons. The Kier molecular flexibility index (Phi) is 4.83. The molecule has 1 aliphatic heterocycles. The Morgan fingerprint density at radius 3 is 2.67 bits per heavy atom. The number of carbonyl (C=O) groups excluding carboxylic acids is 2. The van der Waals surface area contributed by atoms with Crippen LogP contribution in [0.1, 0.15) is 15.4 Å². The summed E-state index contributed by atoms with van der Waals surface area (Å²) in [5.41, 5.74) is 1.57. The molecule has 6 nitrogen and oxygen atoms in total. The molecule has 1 aromatic carbocycles. The van der Waals surface area contributed by atoms with E-state index in [1.54, 1.807) is 4.57 Å². The molecule has 1 aliphatic rings. The third-order valence-corrected chi connectivity index (χ3v) is 5.96. The number of para-hydroxylation sites is 1. The van der Waals surface area contributed by atoms with E-state index >= 15 is 0 Å². The van der Waals surface area contributed by atoms with Crippen LogP contribution in [-0.4, -0.2) is 32.3 Å². The van der Waals surface area contributed by atoms with Crippen LogP contribution in [0.25, 0.3) is 0 Å². The van der Waals surface area contributed by atoms with Gasteiger partial charge in [-0.05, 0) is 31.3 Å². The molecular formula is C15H14N4O2S3. The number of hydrazone groups is 1. The van der Waals surface area contributed by atoms with Crippen molar-refractivity contribution in [2.75, 3.05) is 11.1 Å². The van der Waals surface area contributed by atoms with Crippen LogP contribution in [0, 0.1) is 10.9 Å². The molecule has 24 heavy (non-hydrogen) atoms. The molecule has 3 rings (SSSR count). The molecular weight excluding hydrogens is 364 g/mol. The number of carbonyl (C=O) groups is 2. The highest BCUT2D eigenvalue weighted by atomic mass is 32.2. The summed E-state index contributed by atoms with van der Waals surface area (Å²) in [6.45, 7) is 1.85. The Bertz CT molecular complexity index is 886. The van der Waals surface area contributed by atoms with Gasteiger partial charge >= 0.3 is 0 Å². The predicted molar refractivity (Wildman–Crippen MR) is 100.0 cm³/mol. The topological polar surface area (TPSA) is 66.5 Å². The van der Waals surface area contributed by atoms with Crippen LogP contribution in [0.15, 0.2) is 35.4 Å². The zero-order valence-electron chi connectivity index (χ0n) is 13.0. The molecule has 2 heterocycles.